The highest BCUT2D eigenvalue weighted by atomic mass is 35.5. The summed E-state index contributed by atoms with van der Waals surface area (Å²) in [4.78, 5) is 18.0. The van der Waals surface area contributed by atoms with Crippen LogP contribution in [0, 0.1) is 13.8 Å². The number of carbonyl (C=O) groups is 1. The van der Waals surface area contributed by atoms with Crippen molar-refractivity contribution >= 4 is 34.1 Å². The van der Waals surface area contributed by atoms with E-state index in [-0.39, 0.29) is 5.91 Å². The van der Waals surface area contributed by atoms with Gasteiger partial charge in [0.05, 0.1) is 16.8 Å². The number of para-hydroxylation sites is 1. The Labute approximate surface area is 169 Å². The summed E-state index contributed by atoms with van der Waals surface area (Å²) in [7, 11) is 0. The van der Waals surface area contributed by atoms with E-state index in [4.69, 9.17) is 11.6 Å². The quantitative estimate of drug-likeness (QED) is 0.441. The summed E-state index contributed by atoms with van der Waals surface area (Å²) in [6.45, 7) is 3.81. The molecule has 3 nitrogen and oxygen atoms in total. The monoisotopic (exact) mass is 386 g/mol. The second-order valence-corrected chi connectivity index (χ2v) is 7.18. The number of hydrogen-bond donors (Lipinski definition) is 1. The number of aromatic nitrogens is 1. The van der Waals surface area contributed by atoms with Gasteiger partial charge in [-0.1, -0.05) is 66.2 Å². The average Bonchev–Trinajstić information content (AvgIpc) is 2.70. The summed E-state index contributed by atoms with van der Waals surface area (Å²) < 4.78 is 0. The van der Waals surface area contributed by atoms with Gasteiger partial charge in [-0.2, -0.15) is 0 Å². The van der Waals surface area contributed by atoms with E-state index in [0.717, 1.165) is 27.6 Å². The highest BCUT2D eigenvalue weighted by Gasteiger charge is 2.21. The number of amides is 1. The van der Waals surface area contributed by atoms with Crippen LogP contribution < -0.4 is 5.32 Å². The van der Waals surface area contributed by atoms with Crippen molar-refractivity contribution in [2.24, 2.45) is 0 Å². The second-order valence-electron chi connectivity index (χ2n) is 6.74. The first-order valence-corrected chi connectivity index (χ1v) is 9.44. The van der Waals surface area contributed by atoms with Crippen molar-refractivity contribution in [2.45, 2.75) is 13.8 Å². The zero-order valence-corrected chi connectivity index (χ0v) is 16.4. The summed E-state index contributed by atoms with van der Waals surface area (Å²) in [6, 6.07) is 23.3. The zero-order chi connectivity index (χ0) is 19.7. The minimum absolute atomic E-state index is 0.194. The molecule has 1 heterocycles. The van der Waals surface area contributed by atoms with E-state index in [9.17, 15) is 4.79 Å². The molecule has 4 heteroatoms. The van der Waals surface area contributed by atoms with Crippen LogP contribution in [0.15, 0.2) is 72.8 Å². The van der Waals surface area contributed by atoms with Crippen LogP contribution in [-0.2, 0) is 0 Å². The highest BCUT2D eigenvalue weighted by molar-refractivity contribution is 6.31. The van der Waals surface area contributed by atoms with E-state index in [2.05, 4.69) is 10.3 Å². The SMILES string of the molecule is Cc1ccc(Cl)cc1NC(=O)c1c(C)nc2ccccc2c1-c1ccccc1. The third-order valence-electron chi connectivity index (χ3n) is 4.81. The predicted octanol–water partition coefficient (Wildman–Crippen LogP) is 6.42. The molecule has 1 aromatic heterocycles. The van der Waals surface area contributed by atoms with Crippen LogP contribution in [-0.4, -0.2) is 10.9 Å². The van der Waals surface area contributed by atoms with Gasteiger partial charge >= 0.3 is 0 Å². The standard InChI is InChI=1S/C24H19ClN2O/c1-15-12-13-18(25)14-21(15)27-24(28)22-16(2)26-20-11-7-6-10-19(20)23(22)17-8-4-3-5-9-17/h3-14H,1-2H3,(H,27,28). The first kappa shape index (κ1) is 18.2. The Hall–Kier alpha value is -3.17. The van der Waals surface area contributed by atoms with Crippen molar-refractivity contribution in [3.63, 3.8) is 0 Å². The van der Waals surface area contributed by atoms with Crippen molar-refractivity contribution < 1.29 is 4.79 Å². The molecular weight excluding hydrogens is 368 g/mol. The number of nitrogens with one attached hydrogen (secondary N) is 1. The number of hydrogen-bond acceptors (Lipinski definition) is 2. The minimum Gasteiger partial charge on any atom is -0.322 e. The lowest BCUT2D eigenvalue weighted by atomic mass is 9.94. The van der Waals surface area contributed by atoms with Gasteiger partial charge in [0.2, 0.25) is 0 Å². The van der Waals surface area contributed by atoms with E-state index in [1.165, 1.54) is 0 Å². The topological polar surface area (TPSA) is 42.0 Å². The molecule has 0 aliphatic rings. The maximum atomic E-state index is 13.3. The predicted molar refractivity (Wildman–Crippen MR) is 116 cm³/mol. The van der Waals surface area contributed by atoms with Gasteiger partial charge in [0, 0.05) is 21.7 Å². The van der Waals surface area contributed by atoms with Crippen molar-refractivity contribution in [3.8, 4) is 11.1 Å². The van der Waals surface area contributed by atoms with Crippen LogP contribution in [0.2, 0.25) is 5.02 Å². The fraction of sp³-hybridized carbons (Fsp3) is 0.0833. The largest absolute Gasteiger partial charge is 0.322 e. The minimum atomic E-state index is -0.194. The van der Waals surface area contributed by atoms with E-state index in [1.807, 2.05) is 80.6 Å². The highest BCUT2D eigenvalue weighted by Crippen LogP contribution is 2.33. The molecule has 0 atom stereocenters. The molecule has 0 aliphatic carbocycles. The number of carbonyl (C=O) groups excluding carboxylic acids is 1. The molecule has 0 unspecified atom stereocenters. The van der Waals surface area contributed by atoms with Crippen LogP contribution in [0.3, 0.4) is 0 Å². The maximum Gasteiger partial charge on any atom is 0.258 e. The number of nitrogens with zero attached hydrogens (tertiary/aromatic N) is 1. The lowest BCUT2D eigenvalue weighted by Gasteiger charge is -2.16. The van der Waals surface area contributed by atoms with Crippen LogP contribution in [0.25, 0.3) is 22.0 Å². The number of benzene rings is 3. The Morgan fingerprint density at radius 3 is 2.43 bits per heavy atom. The number of anilines is 1. The number of halogens is 1. The fourth-order valence-electron chi connectivity index (χ4n) is 3.43. The number of pyridine rings is 1. The lowest BCUT2D eigenvalue weighted by Crippen LogP contribution is -2.16. The Balaban J connectivity index is 1.92. The van der Waals surface area contributed by atoms with Gasteiger partial charge in [-0.05, 0) is 43.2 Å². The second kappa shape index (κ2) is 7.45. The third kappa shape index (κ3) is 3.37. The molecule has 4 rings (SSSR count). The smallest absolute Gasteiger partial charge is 0.258 e. The molecule has 138 valence electrons. The van der Waals surface area contributed by atoms with Crippen molar-refractivity contribution in [1.29, 1.82) is 0 Å². The van der Waals surface area contributed by atoms with Gasteiger partial charge in [-0.25, -0.2) is 0 Å². The van der Waals surface area contributed by atoms with Gasteiger partial charge in [0.15, 0.2) is 0 Å². The molecule has 28 heavy (non-hydrogen) atoms. The summed E-state index contributed by atoms with van der Waals surface area (Å²) in [5.74, 6) is -0.194. The zero-order valence-electron chi connectivity index (χ0n) is 15.7. The first-order valence-electron chi connectivity index (χ1n) is 9.07. The first-order chi connectivity index (χ1) is 13.5. The molecule has 4 aromatic rings. The lowest BCUT2D eigenvalue weighted by molar-refractivity contribution is 0.102. The molecule has 0 aliphatic heterocycles. The molecular formula is C24H19ClN2O. The molecule has 0 radical (unpaired) electrons. The summed E-state index contributed by atoms with van der Waals surface area (Å²) >= 11 is 6.12. The molecule has 1 amide bonds. The summed E-state index contributed by atoms with van der Waals surface area (Å²) in [5.41, 5.74) is 5.65. The normalized spacial score (nSPS) is 10.8. The number of fused-ring (bicyclic) bond motifs is 1. The number of rotatable bonds is 3. The van der Waals surface area contributed by atoms with Gasteiger partial charge in [-0.3, -0.25) is 9.78 Å². The maximum absolute atomic E-state index is 13.3. The Morgan fingerprint density at radius 1 is 0.929 bits per heavy atom. The Bertz CT molecular complexity index is 1190. The van der Waals surface area contributed by atoms with E-state index in [0.29, 0.717) is 22.0 Å². The van der Waals surface area contributed by atoms with E-state index < -0.39 is 0 Å². The molecule has 0 spiro atoms. The van der Waals surface area contributed by atoms with Gasteiger partial charge in [0.25, 0.3) is 5.91 Å². The van der Waals surface area contributed by atoms with Crippen molar-refractivity contribution in [3.05, 3.63) is 94.6 Å². The number of aryl methyl sites for hydroxylation is 2. The molecule has 0 fully saturated rings. The molecule has 0 bridgehead atoms. The van der Waals surface area contributed by atoms with Gasteiger partial charge in [0.1, 0.15) is 0 Å². The van der Waals surface area contributed by atoms with Crippen LogP contribution in [0.1, 0.15) is 21.6 Å². The van der Waals surface area contributed by atoms with E-state index in [1.54, 1.807) is 6.07 Å². The molecule has 3 aromatic carbocycles. The molecule has 1 N–H and O–H groups in total. The average molecular weight is 387 g/mol. The van der Waals surface area contributed by atoms with Gasteiger partial charge in [-0.15, -0.1) is 0 Å². The third-order valence-corrected chi connectivity index (χ3v) is 5.05. The fourth-order valence-corrected chi connectivity index (χ4v) is 3.60. The Morgan fingerprint density at radius 2 is 1.64 bits per heavy atom. The van der Waals surface area contributed by atoms with Gasteiger partial charge < -0.3 is 5.32 Å². The summed E-state index contributed by atoms with van der Waals surface area (Å²) in [6.07, 6.45) is 0. The van der Waals surface area contributed by atoms with Crippen LogP contribution >= 0.6 is 11.6 Å². The summed E-state index contributed by atoms with van der Waals surface area (Å²) in [5, 5.41) is 4.55. The van der Waals surface area contributed by atoms with E-state index >= 15 is 0 Å². The Kier molecular flexibility index (Phi) is 4.84. The van der Waals surface area contributed by atoms with Crippen molar-refractivity contribution in [2.75, 3.05) is 5.32 Å². The van der Waals surface area contributed by atoms with Crippen molar-refractivity contribution in [1.82, 2.24) is 4.98 Å². The molecule has 0 saturated heterocycles. The van der Waals surface area contributed by atoms with Crippen LogP contribution in [0.4, 0.5) is 5.69 Å². The molecule has 0 saturated carbocycles. The van der Waals surface area contributed by atoms with Crippen LogP contribution in [0.5, 0.6) is 0 Å².